The van der Waals surface area contributed by atoms with Gasteiger partial charge in [0.05, 0.1) is 6.61 Å². The lowest BCUT2D eigenvalue weighted by Gasteiger charge is -2.25. The van der Waals surface area contributed by atoms with Gasteiger partial charge in [0.1, 0.15) is 0 Å². The van der Waals surface area contributed by atoms with E-state index >= 15 is 0 Å². The van der Waals surface area contributed by atoms with Gasteiger partial charge in [-0.05, 0) is 18.5 Å². The highest BCUT2D eigenvalue weighted by Gasteiger charge is 2.10. The number of hydrogen-bond acceptors (Lipinski definition) is 4. The third-order valence-electron chi connectivity index (χ3n) is 3.00. The van der Waals surface area contributed by atoms with Gasteiger partial charge in [0.2, 0.25) is 0 Å². The van der Waals surface area contributed by atoms with Crippen molar-refractivity contribution in [1.82, 2.24) is 10.3 Å². The summed E-state index contributed by atoms with van der Waals surface area (Å²) in [5, 5.41) is 3.47. The van der Waals surface area contributed by atoms with E-state index in [-0.39, 0.29) is 0 Å². The molecule has 0 spiro atoms. The zero-order valence-electron chi connectivity index (χ0n) is 12.9. The Morgan fingerprint density at radius 2 is 2.30 bits per heavy atom. The SMILES string of the molecule is C=CCN(CCOC)c1ccncc1CNCC(C)C. The molecule has 1 heterocycles. The summed E-state index contributed by atoms with van der Waals surface area (Å²) in [6.45, 7) is 12.5. The van der Waals surface area contributed by atoms with Crippen molar-refractivity contribution in [2.45, 2.75) is 20.4 Å². The van der Waals surface area contributed by atoms with Gasteiger partial charge in [0.25, 0.3) is 0 Å². The molecule has 0 saturated heterocycles. The van der Waals surface area contributed by atoms with Crippen LogP contribution in [0.3, 0.4) is 0 Å². The summed E-state index contributed by atoms with van der Waals surface area (Å²) in [5.41, 5.74) is 2.42. The summed E-state index contributed by atoms with van der Waals surface area (Å²) in [7, 11) is 1.73. The maximum atomic E-state index is 5.19. The Bertz CT molecular complexity index is 393. The van der Waals surface area contributed by atoms with Crippen molar-refractivity contribution in [2.75, 3.05) is 38.3 Å². The van der Waals surface area contributed by atoms with E-state index in [1.165, 1.54) is 11.3 Å². The van der Waals surface area contributed by atoms with Crippen LogP contribution in [0, 0.1) is 5.92 Å². The van der Waals surface area contributed by atoms with Crippen LogP contribution in [0.15, 0.2) is 31.1 Å². The lowest BCUT2D eigenvalue weighted by Crippen LogP contribution is -2.29. The lowest BCUT2D eigenvalue weighted by molar-refractivity contribution is 0.205. The largest absolute Gasteiger partial charge is 0.383 e. The van der Waals surface area contributed by atoms with E-state index in [1.807, 2.05) is 18.5 Å². The molecule has 4 heteroatoms. The zero-order chi connectivity index (χ0) is 14.8. The van der Waals surface area contributed by atoms with Crippen LogP contribution in [0.2, 0.25) is 0 Å². The monoisotopic (exact) mass is 277 g/mol. The number of nitrogens with one attached hydrogen (secondary N) is 1. The van der Waals surface area contributed by atoms with Gasteiger partial charge in [-0.3, -0.25) is 4.98 Å². The Kier molecular flexibility index (Phi) is 7.92. The molecule has 0 atom stereocenters. The van der Waals surface area contributed by atoms with Gasteiger partial charge in [-0.1, -0.05) is 19.9 Å². The van der Waals surface area contributed by atoms with Gasteiger partial charge in [0, 0.05) is 50.4 Å². The molecular weight excluding hydrogens is 250 g/mol. The molecule has 0 bridgehead atoms. The summed E-state index contributed by atoms with van der Waals surface area (Å²) >= 11 is 0. The minimum atomic E-state index is 0.646. The molecule has 0 aliphatic carbocycles. The average Bonchev–Trinajstić information content (AvgIpc) is 2.44. The molecule has 0 amide bonds. The Balaban J connectivity index is 2.76. The number of pyridine rings is 1. The van der Waals surface area contributed by atoms with E-state index in [4.69, 9.17) is 4.74 Å². The zero-order valence-corrected chi connectivity index (χ0v) is 12.9. The standard InChI is InChI=1S/C16H27N3O/c1-5-8-19(9-10-20-4)16-6-7-17-12-15(16)13-18-11-14(2)3/h5-7,12,14,18H,1,8-11,13H2,2-4H3. The molecule has 0 unspecified atom stereocenters. The first-order chi connectivity index (χ1) is 9.69. The Labute approximate surface area is 122 Å². The molecule has 4 nitrogen and oxygen atoms in total. The highest BCUT2D eigenvalue weighted by molar-refractivity contribution is 5.52. The number of anilines is 1. The molecule has 1 aromatic rings. The van der Waals surface area contributed by atoms with Crippen molar-refractivity contribution in [3.8, 4) is 0 Å². The Morgan fingerprint density at radius 1 is 1.50 bits per heavy atom. The van der Waals surface area contributed by atoms with E-state index < -0.39 is 0 Å². The number of ether oxygens (including phenoxy) is 1. The highest BCUT2D eigenvalue weighted by atomic mass is 16.5. The van der Waals surface area contributed by atoms with Crippen LogP contribution in [-0.2, 0) is 11.3 Å². The van der Waals surface area contributed by atoms with Gasteiger partial charge in [-0.2, -0.15) is 0 Å². The summed E-state index contributed by atoms with van der Waals surface area (Å²) in [6, 6.07) is 2.06. The van der Waals surface area contributed by atoms with Crippen molar-refractivity contribution in [3.05, 3.63) is 36.7 Å². The van der Waals surface area contributed by atoms with Gasteiger partial charge in [-0.25, -0.2) is 0 Å². The van der Waals surface area contributed by atoms with Gasteiger partial charge in [-0.15, -0.1) is 6.58 Å². The molecular formula is C16H27N3O. The normalized spacial score (nSPS) is 10.8. The van der Waals surface area contributed by atoms with E-state index in [9.17, 15) is 0 Å². The maximum absolute atomic E-state index is 5.19. The number of rotatable bonds is 10. The lowest BCUT2D eigenvalue weighted by atomic mass is 10.2. The molecule has 1 rings (SSSR count). The van der Waals surface area contributed by atoms with Crippen molar-refractivity contribution >= 4 is 5.69 Å². The van der Waals surface area contributed by atoms with Crippen LogP contribution in [0.4, 0.5) is 5.69 Å². The van der Waals surface area contributed by atoms with Crippen LogP contribution in [-0.4, -0.2) is 38.3 Å². The summed E-state index contributed by atoms with van der Waals surface area (Å²) in [5.74, 6) is 0.646. The minimum absolute atomic E-state index is 0.646. The summed E-state index contributed by atoms with van der Waals surface area (Å²) in [6.07, 6.45) is 5.69. The summed E-state index contributed by atoms with van der Waals surface area (Å²) < 4.78 is 5.19. The van der Waals surface area contributed by atoms with E-state index in [2.05, 4.69) is 41.7 Å². The molecule has 0 saturated carbocycles. The molecule has 1 aromatic heterocycles. The van der Waals surface area contributed by atoms with Crippen molar-refractivity contribution in [2.24, 2.45) is 5.92 Å². The van der Waals surface area contributed by atoms with Crippen LogP contribution in [0.1, 0.15) is 19.4 Å². The van der Waals surface area contributed by atoms with E-state index in [1.54, 1.807) is 7.11 Å². The fourth-order valence-electron chi connectivity index (χ4n) is 2.03. The molecule has 0 aliphatic heterocycles. The van der Waals surface area contributed by atoms with Crippen molar-refractivity contribution < 1.29 is 4.74 Å². The molecule has 1 N–H and O–H groups in total. The first-order valence-corrected chi connectivity index (χ1v) is 7.17. The third-order valence-corrected chi connectivity index (χ3v) is 3.00. The average molecular weight is 277 g/mol. The third kappa shape index (κ3) is 5.72. The second kappa shape index (κ2) is 9.50. The topological polar surface area (TPSA) is 37.4 Å². The smallest absolute Gasteiger partial charge is 0.0637 e. The molecule has 0 fully saturated rings. The van der Waals surface area contributed by atoms with E-state index in [0.717, 1.165) is 26.2 Å². The van der Waals surface area contributed by atoms with Crippen molar-refractivity contribution in [3.63, 3.8) is 0 Å². The Morgan fingerprint density at radius 3 is 2.95 bits per heavy atom. The predicted octanol–water partition coefficient (Wildman–Crippen LogP) is 2.47. The maximum Gasteiger partial charge on any atom is 0.0637 e. The number of methoxy groups -OCH3 is 1. The van der Waals surface area contributed by atoms with Crippen LogP contribution in [0.5, 0.6) is 0 Å². The Hall–Kier alpha value is -1.39. The van der Waals surface area contributed by atoms with Gasteiger partial charge >= 0.3 is 0 Å². The molecule has 0 aromatic carbocycles. The molecule has 20 heavy (non-hydrogen) atoms. The quantitative estimate of drug-likeness (QED) is 0.667. The fourth-order valence-corrected chi connectivity index (χ4v) is 2.03. The molecule has 0 aliphatic rings. The number of nitrogens with zero attached hydrogens (tertiary/aromatic N) is 2. The number of aromatic nitrogens is 1. The first-order valence-electron chi connectivity index (χ1n) is 7.17. The second-order valence-electron chi connectivity index (χ2n) is 5.26. The fraction of sp³-hybridized carbons (Fsp3) is 0.562. The molecule has 0 radical (unpaired) electrons. The first kappa shape index (κ1) is 16.7. The number of hydrogen-bond donors (Lipinski definition) is 1. The van der Waals surface area contributed by atoms with Crippen molar-refractivity contribution in [1.29, 1.82) is 0 Å². The summed E-state index contributed by atoms with van der Waals surface area (Å²) in [4.78, 5) is 6.51. The van der Waals surface area contributed by atoms with E-state index in [0.29, 0.717) is 12.5 Å². The molecule has 112 valence electrons. The highest BCUT2D eigenvalue weighted by Crippen LogP contribution is 2.19. The second-order valence-corrected chi connectivity index (χ2v) is 5.26. The minimum Gasteiger partial charge on any atom is -0.383 e. The van der Waals surface area contributed by atoms with Gasteiger partial charge < -0.3 is 15.0 Å². The van der Waals surface area contributed by atoms with Crippen LogP contribution in [0.25, 0.3) is 0 Å². The van der Waals surface area contributed by atoms with Crippen LogP contribution >= 0.6 is 0 Å². The predicted molar refractivity (Wildman–Crippen MR) is 85.1 cm³/mol. The van der Waals surface area contributed by atoms with Crippen LogP contribution < -0.4 is 10.2 Å². The van der Waals surface area contributed by atoms with Gasteiger partial charge in [0.15, 0.2) is 0 Å².